The quantitative estimate of drug-likeness (QED) is 0.566. The van der Waals surface area contributed by atoms with Gasteiger partial charge in [0.25, 0.3) is 0 Å². The molecule has 0 saturated heterocycles. The molecule has 0 spiro atoms. The zero-order valence-corrected chi connectivity index (χ0v) is 6.46. The molecule has 2 heteroatoms. The Kier molecular flexibility index (Phi) is 2.54. The highest BCUT2D eigenvalue weighted by Gasteiger charge is 2.19. The molecule has 0 unspecified atom stereocenters. The minimum Gasteiger partial charge on any atom is -0.298 e. The van der Waals surface area contributed by atoms with E-state index in [0.29, 0.717) is 6.42 Å². The van der Waals surface area contributed by atoms with E-state index in [2.05, 4.69) is 12.6 Å². The second kappa shape index (κ2) is 2.53. The fraction of sp³-hybridized carbons (Fsp3) is 0.833. The van der Waals surface area contributed by atoms with Crippen molar-refractivity contribution in [2.24, 2.45) is 0 Å². The molecule has 0 bridgehead atoms. The lowest BCUT2D eigenvalue weighted by Gasteiger charge is -2.12. The molecule has 0 fully saturated rings. The van der Waals surface area contributed by atoms with Crippen molar-refractivity contribution >= 4 is 18.4 Å². The lowest BCUT2D eigenvalue weighted by atomic mass is 10.1. The van der Waals surface area contributed by atoms with Crippen LogP contribution in [0.3, 0.4) is 0 Å². The summed E-state index contributed by atoms with van der Waals surface area (Å²) in [4.78, 5) is 10.8. The van der Waals surface area contributed by atoms with E-state index in [4.69, 9.17) is 0 Å². The summed E-state index contributed by atoms with van der Waals surface area (Å²) in [5.41, 5.74) is 0. The molecule has 0 amide bonds. The van der Waals surface area contributed by atoms with Crippen molar-refractivity contribution < 1.29 is 4.79 Å². The summed E-state index contributed by atoms with van der Waals surface area (Å²) >= 11 is 4.08. The number of carbonyl (C=O) groups is 1. The fourth-order valence-electron chi connectivity index (χ4n) is 0.433. The van der Waals surface area contributed by atoms with Crippen molar-refractivity contribution in [2.45, 2.75) is 31.9 Å². The van der Waals surface area contributed by atoms with Gasteiger partial charge in [-0.25, -0.2) is 0 Å². The molecule has 0 aliphatic rings. The molecule has 0 aliphatic heterocycles. The molecule has 0 N–H and O–H groups in total. The van der Waals surface area contributed by atoms with Crippen LogP contribution in [-0.2, 0) is 4.79 Å². The van der Waals surface area contributed by atoms with Crippen LogP contribution in [0.25, 0.3) is 0 Å². The van der Waals surface area contributed by atoms with Crippen LogP contribution < -0.4 is 0 Å². The van der Waals surface area contributed by atoms with Crippen molar-refractivity contribution in [3.8, 4) is 0 Å². The molecular weight excluding hydrogens is 120 g/mol. The normalized spacial score (nSPS) is 11.5. The molecule has 0 saturated carbocycles. The molecule has 8 heavy (non-hydrogen) atoms. The van der Waals surface area contributed by atoms with Gasteiger partial charge in [-0.2, -0.15) is 12.6 Å². The first-order valence-electron chi connectivity index (χ1n) is 2.74. The number of rotatable bonds is 2. The van der Waals surface area contributed by atoms with Crippen molar-refractivity contribution in [2.75, 3.05) is 0 Å². The van der Waals surface area contributed by atoms with Crippen LogP contribution in [0, 0.1) is 0 Å². The third-order valence-corrected chi connectivity index (χ3v) is 1.25. The standard InChI is InChI=1S/C6H12OS/c1-4-5(7)6(2,3)8/h8H,4H2,1-3H3. The molecule has 0 atom stereocenters. The van der Waals surface area contributed by atoms with Gasteiger partial charge < -0.3 is 0 Å². The van der Waals surface area contributed by atoms with E-state index in [-0.39, 0.29) is 5.78 Å². The van der Waals surface area contributed by atoms with E-state index < -0.39 is 4.75 Å². The second-order valence-corrected chi connectivity index (χ2v) is 3.45. The Labute approximate surface area is 55.9 Å². The average Bonchev–Trinajstić information content (AvgIpc) is 1.62. The largest absolute Gasteiger partial charge is 0.298 e. The van der Waals surface area contributed by atoms with E-state index in [1.807, 2.05) is 20.8 Å². The predicted octanol–water partition coefficient (Wildman–Crippen LogP) is 1.67. The van der Waals surface area contributed by atoms with Gasteiger partial charge in [-0.15, -0.1) is 0 Å². The maximum absolute atomic E-state index is 10.8. The molecule has 0 aromatic carbocycles. The van der Waals surface area contributed by atoms with E-state index in [1.165, 1.54) is 0 Å². The van der Waals surface area contributed by atoms with Crippen molar-refractivity contribution in [3.05, 3.63) is 0 Å². The van der Waals surface area contributed by atoms with Crippen LogP contribution in [-0.4, -0.2) is 10.5 Å². The third kappa shape index (κ3) is 2.36. The van der Waals surface area contributed by atoms with Gasteiger partial charge in [-0.3, -0.25) is 4.79 Å². The lowest BCUT2D eigenvalue weighted by molar-refractivity contribution is -0.120. The zero-order chi connectivity index (χ0) is 6.78. The predicted molar refractivity (Wildman–Crippen MR) is 38.4 cm³/mol. The number of thiol groups is 1. The number of carbonyl (C=O) groups excluding carboxylic acids is 1. The van der Waals surface area contributed by atoms with Gasteiger partial charge in [-0.05, 0) is 13.8 Å². The van der Waals surface area contributed by atoms with Gasteiger partial charge in [0.2, 0.25) is 0 Å². The van der Waals surface area contributed by atoms with Crippen LogP contribution in [0.2, 0.25) is 0 Å². The van der Waals surface area contributed by atoms with Gasteiger partial charge in [0.1, 0.15) is 5.78 Å². The number of Topliss-reactive ketones (excluding diaryl/α,β-unsaturated/α-hetero) is 1. The van der Waals surface area contributed by atoms with Gasteiger partial charge in [-0.1, -0.05) is 6.92 Å². The molecule has 1 nitrogen and oxygen atoms in total. The van der Waals surface area contributed by atoms with Crippen LogP contribution in [0.1, 0.15) is 27.2 Å². The third-order valence-electron chi connectivity index (χ3n) is 1.00. The SMILES string of the molecule is CCC(=O)C(C)(C)S. The molecule has 0 heterocycles. The highest BCUT2D eigenvalue weighted by molar-refractivity contribution is 7.82. The summed E-state index contributed by atoms with van der Waals surface area (Å²) in [6.45, 7) is 5.46. The summed E-state index contributed by atoms with van der Waals surface area (Å²) in [6, 6.07) is 0. The Balaban J connectivity index is 3.82. The molecule has 0 aliphatic carbocycles. The first-order valence-corrected chi connectivity index (χ1v) is 3.19. The van der Waals surface area contributed by atoms with Crippen LogP contribution >= 0.6 is 12.6 Å². The van der Waals surface area contributed by atoms with Gasteiger partial charge in [0, 0.05) is 6.42 Å². The molecule has 0 aromatic heterocycles. The molecule has 0 radical (unpaired) electrons. The molecule has 48 valence electrons. The van der Waals surface area contributed by atoms with Gasteiger partial charge in [0.15, 0.2) is 0 Å². The first-order chi connectivity index (χ1) is 3.48. The Morgan fingerprint density at radius 3 is 2.00 bits per heavy atom. The van der Waals surface area contributed by atoms with Gasteiger partial charge in [0.05, 0.1) is 4.75 Å². The number of hydrogen-bond donors (Lipinski definition) is 1. The molecule has 0 rings (SSSR count). The Morgan fingerprint density at radius 2 is 2.00 bits per heavy atom. The maximum Gasteiger partial charge on any atom is 0.147 e. The zero-order valence-electron chi connectivity index (χ0n) is 5.56. The van der Waals surface area contributed by atoms with Crippen molar-refractivity contribution in [1.82, 2.24) is 0 Å². The Bertz CT molecular complexity index is 91.2. The highest BCUT2D eigenvalue weighted by atomic mass is 32.1. The van der Waals surface area contributed by atoms with E-state index in [0.717, 1.165) is 0 Å². The maximum atomic E-state index is 10.8. The average molecular weight is 132 g/mol. The minimum absolute atomic E-state index is 0.195. The first kappa shape index (κ1) is 8.02. The number of ketones is 1. The highest BCUT2D eigenvalue weighted by Crippen LogP contribution is 2.14. The van der Waals surface area contributed by atoms with Crippen LogP contribution in [0.5, 0.6) is 0 Å². The van der Waals surface area contributed by atoms with Crippen molar-refractivity contribution in [1.29, 1.82) is 0 Å². The van der Waals surface area contributed by atoms with Crippen LogP contribution in [0.4, 0.5) is 0 Å². The Hall–Kier alpha value is 0.0200. The summed E-state index contributed by atoms with van der Waals surface area (Å²) < 4.78 is -0.436. The summed E-state index contributed by atoms with van der Waals surface area (Å²) in [6.07, 6.45) is 0.580. The van der Waals surface area contributed by atoms with E-state index in [9.17, 15) is 4.79 Å². The smallest absolute Gasteiger partial charge is 0.147 e. The lowest BCUT2D eigenvalue weighted by Crippen LogP contribution is -2.23. The molecule has 0 aromatic rings. The minimum atomic E-state index is -0.436. The summed E-state index contributed by atoms with van der Waals surface area (Å²) in [5.74, 6) is 0.195. The van der Waals surface area contributed by atoms with Gasteiger partial charge >= 0.3 is 0 Å². The van der Waals surface area contributed by atoms with E-state index >= 15 is 0 Å². The second-order valence-electron chi connectivity index (χ2n) is 2.34. The summed E-state index contributed by atoms with van der Waals surface area (Å²) in [7, 11) is 0. The molecular formula is C6H12OS. The monoisotopic (exact) mass is 132 g/mol. The fourth-order valence-corrected chi connectivity index (χ4v) is 0.591. The topological polar surface area (TPSA) is 17.1 Å². The number of hydrogen-bond acceptors (Lipinski definition) is 2. The summed E-state index contributed by atoms with van der Waals surface area (Å²) in [5, 5.41) is 0. The Morgan fingerprint density at radius 1 is 1.62 bits per heavy atom. The van der Waals surface area contributed by atoms with E-state index in [1.54, 1.807) is 0 Å². The van der Waals surface area contributed by atoms with Crippen LogP contribution in [0.15, 0.2) is 0 Å². The van der Waals surface area contributed by atoms with Crippen molar-refractivity contribution in [3.63, 3.8) is 0 Å².